The van der Waals surface area contributed by atoms with Gasteiger partial charge < -0.3 is 0 Å². The fourth-order valence-electron chi connectivity index (χ4n) is 1.33. The quantitative estimate of drug-likeness (QED) is 0.583. The molecule has 1 aromatic heterocycles. The van der Waals surface area contributed by atoms with Gasteiger partial charge in [-0.1, -0.05) is 0 Å². The van der Waals surface area contributed by atoms with Crippen LogP contribution >= 0.6 is 0 Å². The van der Waals surface area contributed by atoms with Crippen molar-refractivity contribution in [2.45, 2.75) is 25.6 Å². The molecule has 0 bridgehead atoms. The molecule has 0 radical (unpaired) electrons. The van der Waals surface area contributed by atoms with E-state index < -0.39 is 12.2 Å². The van der Waals surface area contributed by atoms with Gasteiger partial charge in [0.1, 0.15) is 6.04 Å². The molecular weight excluding hydrogens is 209 g/mol. The molecule has 1 unspecified atom stereocenters. The van der Waals surface area contributed by atoms with E-state index in [9.17, 15) is 13.2 Å². The summed E-state index contributed by atoms with van der Waals surface area (Å²) in [4.78, 5) is 0. The van der Waals surface area contributed by atoms with Crippen molar-refractivity contribution in [3.63, 3.8) is 0 Å². The van der Waals surface area contributed by atoms with Crippen molar-refractivity contribution in [1.29, 1.82) is 0 Å². The zero-order valence-corrected chi connectivity index (χ0v) is 8.47. The number of alkyl halides is 3. The summed E-state index contributed by atoms with van der Waals surface area (Å²) in [6.45, 7) is 1.72. The molecule has 0 saturated heterocycles. The maximum absolute atomic E-state index is 12.4. The molecule has 1 atom stereocenters. The molecule has 7 heteroatoms. The topological polar surface area (TPSA) is 55.9 Å². The monoisotopic (exact) mass is 222 g/mol. The Bertz CT molecular complexity index is 331. The van der Waals surface area contributed by atoms with Crippen LogP contribution < -0.4 is 11.3 Å². The molecule has 0 saturated carbocycles. The van der Waals surface area contributed by atoms with E-state index in [1.165, 1.54) is 4.68 Å². The van der Waals surface area contributed by atoms with Gasteiger partial charge in [0.05, 0.1) is 5.69 Å². The van der Waals surface area contributed by atoms with Gasteiger partial charge in [-0.2, -0.15) is 18.3 Å². The highest BCUT2D eigenvalue weighted by Gasteiger charge is 2.39. The highest BCUT2D eigenvalue weighted by Crippen LogP contribution is 2.22. The van der Waals surface area contributed by atoms with Crippen molar-refractivity contribution in [3.05, 3.63) is 17.5 Å². The van der Waals surface area contributed by atoms with E-state index in [-0.39, 0.29) is 6.42 Å². The standard InChI is InChI=1S/C8H13F3N4/c1-5-3-6(15(2)14-5)4-7(13-12)8(9,10)11/h3,7,13H,4,12H2,1-2H3. The maximum Gasteiger partial charge on any atom is 0.405 e. The summed E-state index contributed by atoms with van der Waals surface area (Å²) in [7, 11) is 1.60. The van der Waals surface area contributed by atoms with Crippen LogP contribution in [0.1, 0.15) is 11.4 Å². The lowest BCUT2D eigenvalue weighted by atomic mass is 10.1. The highest BCUT2D eigenvalue weighted by atomic mass is 19.4. The van der Waals surface area contributed by atoms with Gasteiger partial charge in [-0.3, -0.25) is 10.5 Å². The van der Waals surface area contributed by atoms with Crippen LogP contribution in [0.15, 0.2) is 6.07 Å². The van der Waals surface area contributed by atoms with E-state index >= 15 is 0 Å². The predicted octanol–water partition coefficient (Wildman–Crippen LogP) is 0.665. The summed E-state index contributed by atoms with van der Waals surface area (Å²) in [5.74, 6) is 4.86. The fourth-order valence-corrected chi connectivity index (χ4v) is 1.33. The molecule has 0 spiro atoms. The molecule has 86 valence electrons. The number of hydrogen-bond acceptors (Lipinski definition) is 3. The maximum atomic E-state index is 12.4. The normalized spacial score (nSPS) is 14.3. The molecule has 0 aromatic carbocycles. The molecule has 3 N–H and O–H groups in total. The number of nitrogens with two attached hydrogens (primary N) is 1. The van der Waals surface area contributed by atoms with Crippen LogP contribution in [0.2, 0.25) is 0 Å². The minimum atomic E-state index is -4.35. The predicted molar refractivity (Wildman–Crippen MR) is 48.8 cm³/mol. The Morgan fingerprint density at radius 1 is 1.60 bits per heavy atom. The van der Waals surface area contributed by atoms with Crippen LogP contribution in [0.3, 0.4) is 0 Å². The lowest BCUT2D eigenvalue weighted by molar-refractivity contribution is -0.155. The van der Waals surface area contributed by atoms with E-state index in [2.05, 4.69) is 5.10 Å². The summed E-state index contributed by atoms with van der Waals surface area (Å²) in [6, 6.07) is -0.136. The molecule has 1 rings (SSSR count). The van der Waals surface area contributed by atoms with Crippen molar-refractivity contribution in [1.82, 2.24) is 15.2 Å². The number of aromatic nitrogens is 2. The molecular formula is C8H13F3N4. The first kappa shape index (κ1) is 12.0. The molecule has 1 heterocycles. The second-order valence-electron chi connectivity index (χ2n) is 3.37. The van der Waals surface area contributed by atoms with Gasteiger partial charge >= 0.3 is 6.18 Å². The van der Waals surface area contributed by atoms with E-state index in [1.54, 1.807) is 25.5 Å². The number of nitrogens with one attached hydrogen (secondary N) is 1. The Hall–Kier alpha value is -1.08. The number of aryl methyl sites for hydroxylation is 2. The first-order chi connectivity index (χ1) is 6.84. The molecule has 1 aromatic rings. The molecule has 15 heavy (non-hydrogen) atoms. The third-order valence-electron chi connectivity index (χ3n) is 2.11. The third kappa shape index (κ3) is 2.93. The average Bonchev–Trinajstić information content (AvgIpc) is 2.38. The second kappa shape index (κ2) is 4.19. The first-order valence-electron chi connectivity index (χ1n) is 4.37. The van der Waals surface area contributed by atoms with Crippen molar-refractivity contribution < 1.29 is 13.2 Å². The zero-order valence-electron chi connectivity index (χ0n) is 8.47. The van der Waals surface area contributed by atoms with Crippen LogP contribution in [0.4, 0.5) is 13.2 Å². The van der Waals surface area contributed by atoms with E-state index in [0.29, 0.717) is 11.4 Å². The summed E-state index contributed by atoms with van der Waals surface area (Å²) in [5.41, 5.74) is 2.94. The lowest BCUT2D eigenvalue weighted by Crippen LogP contribution is -2.47. The van der Waals surface area contributed by atoms with Crippen molar-refractivity contribution in [3.8, 4) is 0 Å². The Morgan fingerprint density at radius 2 is 2.20 bits per heavy atom. The van der Waals surface area contributed by atoms with Crippen molar-refractivity contribution in [2.75, 3.05) is 0 Å². The van der Waals surface area contributed by atoms with Crippen LogP contribution in [0.25, 0.3) is 0 Å². The Morgan fingerprint density at radius 3 is 2.53 bits per heavy atom. The van der Waals surface area contributed by atoms with Crippen LogP contribution in [0, 0.1) is 6.92 Å². The van der Waals surface area contributed by atoms with Crippen molar-refractivity contribution >= 4 is 0 Å². The smallest absolute Gasteiger partial charge is 0.272 e. The zero-order chi connectivity index (χ0) is 11.6. The van der Waals surface area contributed by atoms with E-state index in [0.717, 1.165) is 0 Å². The van der Waals surface area contributed by atoms with Gasteiger partial charge in [0.2, 0.25) is 0 Å². The molecule has 0 amide bonds. The third-order valence-corrected chi connectivity index (χ3v) is 2.11. The number of hydrazine groups is 1. The molecule has 0 aliphatic carbocycles. The summed E-state index contributed by atoms with van der Waals surface area (Å²) in [5, 5.41) is 3.96. The van der Waals surface area contributed by atoms with Crippen molar-refractivity contribution in [2.24, 2.45) is 12.9 Å². The van der Waals surface area contributed by atoms with Gasteiger partial charge in [-0.25, -0.2) is 5.43 Å². The highest BCUT2D eigenvalue weighted by molar-refractivity contribution is 5.10. The molecule has 4 nitrogen and oxygen atoms in total. The fraction of sp³-hybridized carbons (Fsp3) is 0.625. The van der Waals surface area contributed by atoms with Crippen LogP contribution in [-0.4, -0.2) is 22.0 Å². The van der Waals surface area contributed by atoms with Gasteiger partial charge in [0.25, 0.3) is 0 Å². The average molecular weight is 222 g/mol. The van der Waals surface area contributed by atoms with Gasteiger partial charge in [-0.15, -0.1) is 0 Å². The number of hydrogen-bond donors (Lipinski definition) is 2. The van der Waals surface area contributed by atoms with E-state index in [1.807, 2.05) is 0 Å². The summed E-state index contributed by atoms with van der Waals surface area (Å²) < 4.78 is 38.5. The first-order valence-corrected chi connectivity index (χ1v) is 4.37. The Kier molecular flexibility index (Phi) is 3.35. The van der Waals surface area contributed by atoms with Gasteiger partial charge in [-0.05, 0) is 13.0 Å². The van der Waals surface area contributed by atoms with Crippen LogP contribution in [-0.2, 0) is 13.5 Å². The van der Waals surface area contributed by atoms with Crippen LogP contribution in [0.5, 0.6) is 0 Å². The minimum Gasteiger partial charge on any atom is -0.272 e. The summed E-state index contributed by atoms with van der Waals surface area (Å²) >= 11 is 0. The Labute approximate surface area is 85.2 Å². The molecule has 0 aliphatic heterocycles. The number of rotatable bonds is 3. The largest absolute Gasteiger partial charge is 0.405 e. The SMILES string of the molecule is Cc1cc(CC(NN)C(F)(F)F)n(C)n1. The number of nitrogens with zero attached hydrogens (tertiary/aromatic N) is 2. The minimum absolute atomic E-state index is 0.225. The second-order valence-corrected chi connectivity index (χ2v) is 3.37. The van der Waals surface area contributed by atoms with E-state index in [4.69, 9.17) is 5.84 Å². The number of halogens is 3. The molecule has 0 aliphatic rings. The van der Waals surface area contributed by atoms with Gasteiger partial charge in [0.15, 0.2) is 0 Å². The van der Waals surface area contributed by atoms with Gasteiger partial charge in [0, 0.05) is 19.2 Å². The summed E-state index contributed by atoms with van der Waals surface area (Å²) in [6.07, 6.45) is -4.58. The Balaban J connectivity index is 2.80. The molecule has 0 fully saturated rings. The lowest BCUT2D eigenvalue weighted by Gasteiger charge is -2.18.